The number of benzene rings is 2. The van der Waals surface area contributed by atoms with Crippen molar-refractivity contribution in [2.24, 2.45) is 0 Å². The molecule has 3 aromatic rings. The molecule has 2 aliphatic rings. The predicted octanol–water partition coefficient (Wildman–Crippen LogP) is 1.80. The van der Waals surface area contributed by atoms with Gasteiger partial charge in [-0.25, -0.2) is 0 Å². The molecule has 1 aromatic heterocycles. The minimum absolute atomic E-state index is 0.0547. The third kappa shape index (κ3) is 5.22. The number of nitrogens with one attached hydrogen (secondary N) is 1. The van der Waals surface area contributed by atoms with Crippen LogP contribution in [0.1, 0.15) is 34.8 Å². The maximum Gasteiger partial charge on any atom is 0.258 e. The van der Waals surface area contributed by atoms with Gasteiger partial charge in [0.2, 0.25) is 5.91 Å². The molecular weight excluding hydrogens is 460 g/mol. The molecule has 3 heterocycles. The van der Waals surface area contributed by atoms with Crippen molar-refractivity contribution < 1.29 is 19.1 Å². The first-order valence-corrected chi connectivity index (χ1v) is 12.1. The summed E-state index contributed by atoms with van der Waals surface area (Å²) in [4.78, 5) is 40.9. The van der Waals surface area contributed by atoms with Crippen molar-refractivity contribution in [3.8, 4) is 5.75 Å². The van der Waals surface area contributed by atoms with Gasteiger partial charge in [-0.05, 0) is 42.8 Å². The topological polar surface area (TPSA) is 110 Å². The molecule has 10 heteroatoms. The smallest absolute Gasteiger partial charge is 0.258 e. The Bertz CT molecular complexity index is 1240. The van der Waals surface area contributed by atoms with E-state index in [9.17, 15) is 14.4 Å². The molecule has 0 spiro atoms. The molecule has 1 fully saturated rings. The Kier molecular flexibility index (Phi) is 6.92. The Hall–Kier alpha value is -4.21. The first kappa shape index (κ1) is 23.5. The number of carbonyl (C=O) groups is 3. The lowest BCUT2D eigenvalue weighted by atomic mass is 10.1. The van der Waals surface area contributed by atoms with Crippen LogP contribution in [0, 0.1) is 0 Å². The number of para-hydroxylation sites is 1. The van der Waals surface area contributed by atoms with E-state index in [1.807, 2.05) is 34.9 Å². The van der Waals surface area contributed by atoms with Gasteiger partial charge in [0.1, 0.15) is 11.6 Å². The van der Waals surface area contributed by atoms with Gasteiger partial charge in [0.05, 0.1) is 6.54 Å². The van der Waals surface area contributed by atoms with Crippen LogP contribution in [0.4, 0.5) is 5.69 Å². The molecule has 10 nitrogen and oxygen atoms in total. The number of fused-ring (bicyclic) bond motifs is 1. The van der Waals surface area contributed by atoms with Crippen molar-refractivity contribution in [2.75, 3.05) is 31.1 Å². The normalized spacial score (nSPS) is 15.4. The zero-order valence-electron chi connectivity index (χ0n) is 19.9. The summed E-state index contributed by atoms with van der Waals surface area (Å²) in [6.07, 6.45) is 2.01. The predicted molar refractivity (Wildman–Crippen MR) is 131 cm³/mol. The van der Waals surface area contributed by atoms with Gasteiger partial charge in [-0.2, -0.15) is 0 Å². The van der Waals surface area contributed by atoms with Crippen molar-refractivity contribution >= 4 is 23.4 Å². The SMILES string of the molecule is O=C(COc1ccccc1)NCc1nnc2n1CCN(C(=O)c1ccc(N3CCCC3=O)cc1)CC2. The van der Waals surface area contributed by atoms with Crippen molar-refractivity contribution in [3.05, 3.63) is 71.8 Å². The van der Waals surface area contributed by atoms with Gasteiger partial charge in [-0.3, -0.25) is 14.4 Å². The van der Waals surface area contributed by atoms with Crippen LogP contribution in [0.3, 0.4) is 0 Å². The van der Waals surface area contributed by atoms with Gasteiger partial charge in [0.25, 0.3) is 11.8 Å². The van der Waals surface area contributed by atoms with Gasteiger partial charge in [-0.1, -0.05) is 18.2 Å². The summed E-state index contributed by atoms with van der Waals surface area (Å²) in [5, 5.41) is 11.3. The number of amides is 3. The molecule has 36 heavy (non-hydrogen) atoms. The molecule has 2 aliphatic heterocycles. The molecule has 0 aliphatic carbocycles. The molecule has 5 rings (SSSR count). The largest absolute Gasteiger partial charge is 0.484 e. The molecule has 0 unspecified atom stereocenters. The van der Waals surface area contributed by atoms with Crippen LogP contribution in [0.15, 0.2) is 54.6 Å². The summed E-state index contributed by atoms with van der Waals surface area (Å²) in [6.45, 7) is 2.45. The highest BCUT2D eigenvalue weighted by atomic mass is 16.5. The minimum atomic E-state index is -0.249. The number of ether oxygens (including phenoxy) is 1. The third-order valence-electron chi connectivity index (χ3n) is 6.45. The van der Waals surface area contributed by atoms with Gasteiger partial charge in [0, 0.05) is 50.3 Å². The first-order chi connectivity index (χ1) is 17.6. The Labute approximate surface area is 208 Å². The quantitative estimate of drug-likeness (QED) is 0.543. The summed E-state index contributed by atoms with van der Waals surface area (Å²) in [5.41, 5.74) is 1.42. The zero-order valence-corrected chi connectivity index (χ0v) is 19.9. The van der Waals surface area contributed by atoms with Gasteiger partial charge < -0.3 is 24.4 Å². The second-order valence-electron chi connectivity index (χ2n) is 8.80. The fourth-order valence-electron chi connectivity index (χ4n) is 4.50. The van der Waals surface area contributed by atoms with E-state index < -0.39 is 0 Å². The van der Waals surface area contributed by atoms with Gasteiger partial charge >= 0.3 is 0 Å². The fraction of sp³-hybridized carbons (Fsp3) is 0.346. The number of rotatable bonds is 7. The monoisotopic (exact) mass is 488 g/mol. The molecule has 0 saturated carbocycles. The van der Waals surface area contributed by atoms with E-state index in [4.69, 9.17) is 4.74 Å². The Morgan fingerprint density at radius 2 is 1.72 bits per heavy atom. The lowest BCUT2D eigenvalue weighted by Gasteiger charge is -2.21. The fourth-order valence-corrected chi connectivity index (χ4v) is 4.50. The highest BCUT2D eigenvalue weighted by molar-refractivity contribution is 5.97. The van der Waals surface area contributed by atoms with Crippen LogP contribution in [0.5, 0.6) is 5.75 Å². The van der Waals surface area contributed by atoms with Crippen LogP contribution in [0.25, 0.3) is 0 Å². The maximum atomic E-state index is 13.1. The Morgan fingerprint density at radius 1 is 0.917 bits per heavy atom. The van der Waals surface area contributed by atoms with E-state index in [0.717, 1.165) is 24.5 Å². The number of anilines is 1. The third-order valence-corrected chi connectivity index (χ3v) is 6.45. The Balaban J connectivity index is 1.15. The number of aromatic nitrogens is 3. The molecule has 1 N–H and O–H groups in total. The van der Waals surface area contributed by atoms with Crippen molar-refractivity contribution in [2.45, 2.75) is 32.4 Å². The standard InChI is InChI=1S/C26H28N6O4/c33-24(18-36-21-5-2-1-3-6-21)27-17-23-29-28-22-12-14-30(15-16-32(22)23)26(35)19-8-10-20(11-9-19)31-13-4-7-25(31)34/h1-3,5-6,8-11H,4,7,12-18H2,(H,27,33). The van der Waals surface area contributed by atoms with E-state index in [0.29, 0.717) is 49.6 Å². The van der Waals surface area contributed by atoms with Crippen LogP contribution in [-0.4, -0.2) is 63.6 Å². The number of carbonyl (C=O) groups excluding carboxylic acids is 3. The molecule has 186 valence electrons. The van der Waals surface area contributed by atoms with Gasteiger partial charge in [-0.15, -0.1) is 10.2 Å². The molecule has 3 amide bonds. The second kappa shape index (κ2) is 10.6. The van der Waals surface area contributed by atoms with Crippen LogP contribution in [0.2, 0.25) is 0 Å². The summed E-state index contributed by atoms with van der Waals surface area (Å²) in [5.74, 6) is 1.89. The average Bonchev–Trinajstić information content (AvgIpc) is 3.45. The van der Waals surface area contributed by atoms with Crippen molar-refractivity contribution in [1.82, 2.24) is 25.0 Å². The average molecular weight is 489 g/mol. The molecule has 1 saturated heterocycles. The van der Waals surface area contributed by atoms with Gasteiger partial charge in [0.15, 0.2) is 12.4 Å². The summed E-state index contributed by atoms with van der Waals surface area (Å²) in [6, 6.07) is 16.4. The number of hydrogen-bond acceptors (Lipinski definition) is 6. The summed E-state index contributed by atoms with van der Waals surface area (Å²) < 4.78 is 7.44. The van der Waals surface area contributed by atoms with Crippen LogP contribution in [-0.2, 0) is 29.1 Å². The molecule has 0 atom stereocenters. The minimum Gasteiger partial charge on any atom is -0.484 e. The summed E-state index contributed by atoms with van der Waals surface area (Å²) >= 11 is 0. The molecule has 2 aromatic carbocycles. The maximum absolute atomic E-state index is 13.1. The Morgan fingerprint density at radius 3 is 2.47 bits per heavy atom. The highest BCUT2D eigenvalue weighted by Crippen LogP contribution is 2.22. The van der Waals surface area contributed by atoms with E-state index in [2.05, 4.69) is 15.5 Å². The second-order valence-corrected chi connectivity index (χ2v) is 8.80. The number of nitrogens with zero attached hydrogens (tertiary/aromatic N) is 5. The van der Waals surface area contributed by atoms with E-state index in [-0.39, 0.29) is 30.9 Å². The zero-order chi connectivity index (χ0) is 24.9. The summed E-state index contributed by atoms with van der Waals surface area (Å²) in [7, 11) is 0. The van der Waals surface area contributed by atoms with E-state index in [1.54, 1.807) is 34.1 Å². The van der Waals surface area contributed by atoms with Crippen LogP contribution >= 0.6 is 0 Å². The first-order valence-electron chi connectivity index (χ1n) is 12.1. The highest BCUT2D eigenvalue weighted by Gasteiger charge is 2.24. The van der Waals surface area contributed by atoms with E-state index in [1.165, 1.54) is 0 Å². The molecule has 0 bridgehead atoms. The molecule has 0 radical (unpaired) electrons. The lowest BCUT2D eigenvalue weighted by molar-refractivity contribution is -0.123. The van der Waals surface area contributed by atoms with Crippen molar-refractivity contribution in [1.29, 1.82) is 0 Å². The van der Waals surface area contributed by atoms with E-state index >= 15 is 0 Å². The lowest BCUT2D eigenvalue weighted by Crippen LogP contribution is -2.34. The molecular formula is C26H28N6O4. The number of hydrogen-bond donors (Lipinski definition) is 1. The van der Waals surface area contributed by atoms with Crippen LogP contribution < -0.4 is 15.0 Å². The van der Waals surface area contributed by atoms with Crippen molar-refractivity contribution in [3.63, 3.8) is 0 Å².